The number of hydrogen-bond acceptors (Lipinski definition) is 5. The molecule has 1 aromatic rings. The molecule has 1 aliphatic rings. The van der Waals surface area contributed by atoms with E-state index in [1.165, 1.54) is 12.6 Å². The second-order valence-corrected chi connectivity index (χ2v) is 4.75. The lowest BCUT2D eigenvalue weighted by molar-refractivity contribution is -0.388. The second-order valence-electron chi connectivity index (χ2n) is 4.75. The van der Waals surface area contributed by atoms with Crippen molar-refractivity contribution in [3.05, 3.63) is 28.4 Å². The number of nitro groups is 1. The van der Waals surface area contributed by atoms with E-state index in [9.17, 15) is 14.9 Å². The Morgan fingerprint density at radius 1 is 1.40 bits per heavy atom. The molecule has 2 rings (SSSR count). The number of hydrogen-bond donors (Lipinski definition) is 1. The van der Waals surface area contributed by atoms with Gasteiger partial charge in [-0.25, -0.2) is 0 Å². The number of amides is 1. The van der Waals surface area contributed by atoms with Crippen molar-refractivity contribution in [2.45, 2.75) is 25.7 Å². The van der Waals surface area contributed by atoms with E-state index in [2.05, 4.69) is 10.3 Å². The van der Waals surface area contributed by atoms with Gasteiger partial charge in [-0.3, -0.25) is 4.79 Å². The summed E-state index contributed by atoms with van der Waals surface area (Å²) in [4.78, 5) is 27.8. The number of anilines is 1. The van der Waals surface area contributed by atoms with Gasteiger partial charge in [-0.1, -0.05) is 0 Å². The highest BCUT2D eigenvalue weighted by Crippen LogP contribution is 2.19. The van der Waals surface area contributed by atoms with Crippen LogP contribution in [-0.2, 0) is 4.79 Å². The molecule has 1 aromatic heterocycles. The van der Waals surface area contributed by atoms with E-state index in [0.29, 0.717) is 18.7 Å². The van der Waals surface area contributed by atoms with Gasteiger partial charge in [0.1, 0.15) is 11.9 Å². The molecule has 2 heterocycles. The van der Waals surface area contributed by atoms with Crippen LogP contribution in [0.4, 0.5) is 11.5 Å². The summed E-state index contributed by atoms with van der Waals surface area (Å²) in [5.41, 5.74) is 0.351. The Morgan fingerprint density at radius 3 is 2.85 bits per heavy atom. The van der Waals surface area contributed by atoms with Crippen LogP contribution in [0.25, 0.3) is 0 Å². The number of piperidine rings is 1. The number of aromatic nitrogens is 1. The van der Waals surface area contributed by atoms with E-state index in [-0.39, 0.29) is 11.7 Å². The summed E-state index contributed by atoms with van der Waals surface area (Å²) in [7, 11) is 0. The molecule has 0 atom stereocenters. The van der Waals surface area contributed by atoms with Crippen LogP contribution in [-0.4, -0.2) is 40.3 Å². The Labute approximate surface area is 117 Å². The number of nitrogens with zero attached hydrogens (tertiary/aromatic N) is 3. The van der Waals surface area contributed by atoms with Crippen LogP contribution in [0, 0.1) is 10.1 Å². The lowest BCUT2D eigenvalue weighted by Gasteiger charge is -2.26. The fraction of sp³-hybridized carbons (Fsp3) is 0.538. The maximum atomic E-state index is 11.9. The molecule has 1 aliphatic heterocycles. The summed E-state index contributed by atoms with van der Waals surface area (Å²) in [5.74, 6) is -0.110. The van der Waals surface area contributed by atoms with E-state index >= 15 is 0 Å². The second kappa shape index (κ2) is 6.83. The maximum absolute atomic E-state index is 11.9. The monoisotopic (exact) mass is 278 g/mol. The molecule has 1 N–H and O–H groups in total. The predicted molar refractivity (Wildman–Crippen MR) is 74.4 cm³/mol. The van der Waals surface area contributed by atoms with Crippen molar-refractivity contribution in [3.63, 3.8) is 0 Å². The molecule has 0 radical (unpaired) electrons. The van der Waals surface area contributed by atoms with Crippen LogP contribution >= 0.6 is 0 Å². The van der Waals surface area contributed by atoms with E-state index in [1.807, 2.05) is 4.90 Å². The van der Waals surface area contributed by atoms with Gasteiger partial charge in [-0.2, -0.15) is 0 Å². The molecule has 108 valence electrons. The Bertz CT molecular complexity index is 486. The van der Waals surface area contributed by atoms with E-state index < -0.39 is 4.92 Å². The van der Waals surface area contributed by atoms with Gasteiger partial charge in [-0.15, -0.1) is 0 Å². The zero-order valence-electron chi connectivity index (χ0n) is 11.2. The first-order valence-electron chi connectivity index (χ1n) is 6.79. The predicted octanol–water partition coefficient (Wildman–Crippen LogP) is 1.80. The number of likely N-dealkylation sites (tertiary alicyclic amines) is 1. The van der Waals surface area contributed by atoms with Crippen molar-refractivity contribution in [2.75, 3.05) is 25.0 Å². The van der Waals surface area contributed by atoms with Gasteiger partial charge in [0, 0.05) is 26.1 Å². The Morgan fingerprint density at radius 2 is 2.15 bits per heavy atom. The number of nitrogens with one attached hydrogen (secondary N) is 1. The van der Waals surface area contributed by atoms with Gasteiger partial charge in [0.2, 0.25) is 5.91 Å². The van der Waals surface area contributed by atoms with Crippen LogP contribution in [0.2, 0.25) is 0 Å². The molecule has 0 aromatic carbocycles. The molecule has 7 heteroatoms. The molecular weight excluding hydrogens is 260 g/mol. The van der Waals surface area contributed by atoms with Crippen LogP contribution < -0.4 is 5.32 Å². The molecule has 0 aliphatic carbocycles. The minimum Gasteiger partial charge on any atom is -0.378 e. The Kier molecular flexibility index (Phi) is 4.86. The average molecular weight is 278 g/mol. The van der Waals surface area contributed by atoms with Crippen molar-refractivity contribution in [1.29, 1.82) is 0 Å². The molecule has 1 fully saturated rings. The number of pyridine rings is 1. The molecule has 0 unspecified atom stereocenters. The first-order valence-corrected chi connectivity index (χ1v) is 6.79. The summed E-state index contributed by atoms with van der Waals surface area (Å²) < 4.78 is 0. The van der Waals surface area contributed by atoms with Crippen LogP contribution in [0.1, 0.15) is 25.7 Å². The molecule has 0 spiro atoms. The highest BCUT2D eigenvalue weighted by molar-refractivity contribution is 5.77. The number of carbonyl (C=O) groups excluding carboxylic acids is 1. The third-order valence-electron chi connectivity index (χ3n) is 3.32. The SMILES string of the molecule is O=C(CCNc1cccnc1[N+](=O)[O-])N1CCCCC1. The van der Waals surface area contributed by atoms with Crippen LogP contribution in [0.5, 0.6) is 0 Å². The van der Waals surface area contributed by atoms with Crippen molar-refractivity contribution in [2.24, 2.45) is 0 Å². The standard InChI is InChI=1S/C13H18N4O3/c18-12(16-9-2-1-3-10-16)6-8-14-11-5-4-7-15-13(11)17(19)20/h4-5,7,14H,1-3,6,8-10H2. The fourth-order valence-corrected chi connectivity index (χ4v) is 2.29. The van der Waals surface area contributed by atoms with Crippen molar-refractivity contribution in [1.82, 2.24) is 9.88 Å². The Hall–Kier alpha value is -2.18. The molecule has 0 bridgehead atoms. The molecular formula is C13H18N4O3. The zero-order chi connectivity index (χ0) is 14.4. The van der Waals surface area contributed by atoms with E-state index in [1.54, 1.807) is 12.1 Å². The Balaban J connectivity index is 1.83. The lowest BCUT2D eigenvalue weighted by Crippen LogP contribution is -2.36. The molecule has 0 saturated carbocycles. The molecule has 20 heavy (non-hydrogen) atoms. The van der Waals surface area contributed by atoms with Crippen molar-refractivity contribution in [3.8, 4) is 0 Å². The summed E-state index contributed by atoms with van der Waals surface area (Å²) in [5, 5.41) is 13.7. The van der Waals surface area contributed by atoms with Gasteiger partial charge in [-0.05, 0) is 41.3 Å². The quantitative estimate of drug-likeness (QED) is 0.655. The smallest absolute Gasteiger partial charge is 0.378 e. The third-order valence-corrected chi connectivity index (χ3v) is 3.32. The third kappa shape index (κ3) is 3.66. The zero-order valence-corrected chi connectivity index (χ0v) is 11.2. The van der Waals surface area contributed by atoms with Gasteiger partial charge in [0.15, 0.2) is 0 Å². The maximum Gasteiger partial charge on any atom is 0.386 e. The highest BCUT2D eigenvalue weighted by Gasteiger charge is 2.17. The fourth-order valence-electron chi connectivity index (χ4n) is 2.29. The van der Waals surface area contributed by atoms with Crippen molar-refractivity contribution < 1.29 is 9.72 Å². The lowest BCUT2D eigenvalue weighted by atomic mass is 10.1. The number of carbonyl (C=O) groups is 1. The highest BCUT2D eigenvalue weighted by atomic mass is 16.6. The molecule has 1 amide bonds. The summed E-state index contributed by atoms with van der Waals surface area (Å²) in [6.45, 7) is 2.03. The first kappa shape index (κ1) is 14.2. The van der Waals surface area contributed by atoms with Gasteiger partial charge in [0.05, 0.1) is 0 Å². The van der Waals surface area contributed by atoms with Crippen LogP contribution in [0.15, 0.2) is 18.3 Å². The largest absolute Gasteiger partial charge is 0.386 e. The summed E-state index contributed by atoms with van der Waals surface area (Å²) >= 11 is 0. The summed E-state index contributed by atoms with van der Waals surface area (Å²) in [6.07, 6.45) is 5.03. The minimum atomic E-state index is -0.533. The number of rotatable bonds is 5. The summed E-state index contributed by atoms with van der Waals surface area (Å²) in [6, 6.07) is 3.22. The molecule has 1 saturated heterocycles. The normalized spacial score (nSPS) is 14.9. The molecule has 7 nitrogen and oxygen atoms in total. The van der Waals surface area contributed by atoms with Gasteiger partial charge in [0.25, 0.3) is 0 Å². The van der Waals surface area contributed by atoms with Gasteiger partial charge >= 0.3 is 5.82 Å². The topological polar surface area (TPSA) is 88.4 Å². The van der Waals surface area contributed by atoms with Crippen LogP contribution in [0.3, 0.4) is 0 Å². The minimum absolute atomic E-state index is 0.101. The van der Waals surface area contributed by atoms with E-state index in [4.69, 9.17) is 0 Å². The first-order chi connectivity index (χ1) is 9.68. The van der Waals surface area contributed by atoms with Crippen molar-refractivity contribution >= 4 is 17.4 Å². The van der Waals surface area contributed by atoms with Gasteiger partial charge < -0.3 is 20.3 Å². The average Bonchev–Trinajstić information content (AvgIpc) is 2.48. The van der Waals surface area contributed by atoms with E-state index in [0.717, 1.165) is 25.9 Å².